The summed E-state index contributed by atoms with van der Waals surface area (Å²) in [5.74, 6) is 0.746. The van der Waals surface area contributed by atoms with Crippen molar-refractivity contribution >= 4 is 33.5 Å². The van der Waals surface area contributed by atoms with E-state index in [9.17, 15) is 0 Å². The summed E-state index contributed by atoms with van der Waals surface area (Å²) in [6, 6.07) is 17.5. The van der Waals surface area contributed by atoms with Crippen molar-refractivity contribution in [1.82, 2.24) is 4.57 Å². The maximum atomic E-state index is 2.41. The molecule has 0 bridgehead atoms. The molecule has 0 atom stereocenters. The second-order valence-corrected chi connectivity index (χ2v) is 7.61. The molecule has 2 aromatic carbocycles. The third-order valence-corrected chi connectivity index (χ3v) is 4.78. The van der Waals surface area contributed by atoms with Crippen LogP contribution in [0.25, 0.3) is 10.9 Å². The average Bonchev–Trinajstić information content (AvgIpc) is 2.83. The van der Waals surface area contributed by atoms with E-state index >= 15 is 0 Å². The molecule has 114 valence electrons. The predicted octanol–water partition coefficient (Wildman–Crippen LogP) is 5.88. The van der Waals surface area contributed by atoms with E-state index < -0.39 is 0 Å². The first-order chi connectivity index (χ1) is 10.6. The number of aromatic nitrogens is 1. The Morgan fingerprint density at radius 2 is 1.82 bits per heavy atom. The van der Waals surface area contributed by atoms with Crippen molar-refractivity contribution in [2.24, 2.45) is 5.92 Å². The second kappa shape index (κ2) is 6.86. The van der Waals surface area contributed by atoms with E-state index in [4.69, 9.17) is 0 Å². The van der Waals surface area contributed by atoms with Crippen LogP contribution in [0.3, 0.4) is 0 Å². The molecule has 0 unspecified atom stereocenters. The zero-order chi connectivity index (χ0) is 15.5. The summed E-state index contributed by atoms with van der Waals surface area (Å²) in [6.07, 6.45) is 4.77. The molecule has 3 rings (SSSR count). The number of fused-ring (bicyclic) bond motifs is 1. The molecule has 0 amide bonds. The number of hydrogen-bond donors (Lipinski definition) is 0. The van der Waals surface area contributed by atoms with Gasteiger partial charge in [0.05, 0.1) is 0 Å². The Balaban J connectivity index is 1.99. The van der Waals surface area contributed by atoms with E-state index in [0.29, 0.717) is 0 Å². The summed E-state index contributed by atoms with van der Waals surface area (Å²) >= 11 is 2.41. The summed E-state index contributed by atoms with van der Waals surface area (Å²) in [5, 5.41) is 1.42. The van der Waals surface area contributed by atoms with Gasteiger partial charge in [0.25, 0.3) is 0 Å². The minimum absolute atomic E-state index is 0.746. The highest BCUT2D eigenvalue weighted by atomic mass is 127. The van der Waals surface area contributed by atoms with E-state index in [1.54, 1.807) is 0 Å². The molecule has 0 N–H and O–H groups in total. The van der Waals surface area contributed by atoms with E-state index in [1.165, 1.54) is 32.0 Å². The van der Waals surface area contributed by atoms with Crippen molar-refractivity contribution in [3.05, 3.63) is 69.4 Å². The molecule has 1 nitrogen and oxygen atoms in total. The normalized spacial score (nSPS) is 11.5. The SMILES string of the molecule is CC(C)CCc1cn(Cc2ccccc2)c2ccc(I)cc12. The first-order valence-corrected chi connectivity index (χ1v) is 9.02. The molecule has 0 aliphatic rings. The van der Waals surface area contributed by atoms with Crippen molar-refractivity contribution < 1.29 is 0 Å². The quantitative estimate of drug-likeness (QED) is 0.469. The van der Waals surface area contributed by atoms with Crippen LogP contribution in [0, 0.1) is 9.49 Å². The molecule has 22 heavy (non-hydrogen) atoms. The summed E-state index contributed by atoms with van der Waals surface area (Å²) in [4.78, 5) is 0. The van der Waals surface area contributed by atoms with Gasteiger partial charge in [0.1, 0.15) is 0 Å². The zero-order valence-electron chi connectivity index (χ0n) is 13.2. The van der Waals surface area contributed by atoms with Crippen LogP contribution in [0.15, 0.2) is 54.7 Å². The van der Waals surface area contributed by atoms with Gasteiger partial charge >= 0.3 is 0 Å². The van der Waals surface area contributed by atoms with Crippen LogP contribution in [0.4, 0.5) is 0 Å². The van der Waals surface area contributed by atoms with Gasteiger partial charge in [0.2, 0.25) is 0 Å². The predicted molar refractivity (Wildman–Crippen MR) is 103 cm³/mol. The van der Waals surface area contributed by atoms with Crippen LogP contribution >= 0.6 is 22.6 Å². The number of halogens is 1. The smallest absolute Gasteiger partial charge is 0.0487 e. The third-order valence-electron chi connectivity index (χ3n) is 4.11. The number of hydrogen-bond acceptors (Lipinski definition) is 0. The molecule has 0 spiro atoms. The lowest BCUT2D eigenvalue weighted by Crippen LogP contribution is -1.97. The van der Waals surface area contributed by atoms with Gasteiger partial charge in [-0.2, -0.15) is 0 Å². The Kier molecular flexibility index (Phi) is 4.87. The van der Waals surface area contributed by atoms with E-state index in [-0.39, 0.29) is 0 Å². The number of rotatable bonds is 5. The maximum Gasteiger partial charge on any atom is 0.0487 e. The molecule has 3 aromatic rings. The van der Waals surface area contributed by atoms with Gasteiger partial charge < -0.3 is 4.57 Å². The molecule has 0 saturated carbocycles. The molecule has 0 aliphatic carbocycles. The Morgan fingerprint density at radius 1 is 1.05 bits per heavy atom. The molecular weight excluding hydrogens is 381 g/mol. The fourth-order valence-corrected chi connectivity index (χ4v) is 3.39. The van der Waals surface area contributed by atoms with Gasteiger partial charge in [-0.1, -0.05) is 44.2 Å². The molecule has 0 aliphatic heterocycles. The molecule has 1 aromatic heterocycles. The van der Waals surface area contributed by atoms with Gasteiger partial charge in [-0.15, -0.1) is 0 Å². The maximum absolute atomic E-state index is 2.41. The van der Waals surface area contributed by atoms with Crippen molar-refractivity contribution in [3.8, 4) is 0 Å². The van der Waals surface area contributed by atoms with Gasteiger partial charge in [0.15, 0.2) is 0 Å². The average molecular weight is 403 g/mol. The lowest BCUT2D eigenvalue weighted by molar-refractivity contribution is 0.587. The Hall–Kier alpha value is -1.29. The molecular formula is C20H22IN. The van der Waals surface area contributed by atoms with Gasteiger partial charge in [0, 0.05) is 27.2 Å². The number of nitrogens with zero attached hydrogens (tertiary/aromatic N) is 1. The fraction of sp³-hybridized carbons (Fsp3) is 0.300. The molecule has 1 heterocycles. The van der Waals surface area contributed by atoms with Gasteiger partial charge in [-0.25, -0.2) is 0 Å². The fourth-order valence-electron chi connectivity index (χ4n) is 2.90. The molecule has 0 radical (unpaired) electrons. The Bertz CT molecular complexity index is 756. The molecule has 0 saturated heterocycles. The lowest BCUT2D eigenvalue weighted by Gasteiger charge is -2.05. The van der Waals surface area contributed by atoms with E-state index in [1.807, 2.05) is 0 Å². The standard InChI is InChI=1S/C20H22IN/c1-15(2)8-9-17-14-22(13-16-6-4-3-5-7-16)20-11-10-18(21)12-19(17)20/h3-7,10-12,14-15H,8-9,13H2,1-2H3. The highest BCUT2D eigenvalue weighted by Crippen LogP contribution is 2.26. The minimum atomic E-state index is 0.746. The Labute approximate surface area is 146 Å². The van der Waals surface area contributed by atoms with Crippen molar-refractivity contribution in [1.29, 1.82) is 0 Å². The number of benzene rings is 2. The summed E-state index contributed by atoms with van der Waals surface area (Å²) in [5.41, 5.74) is 4.19. The highest BCUT2D eigenvalue weighted by Gasteiger charge is 2.10. The molecule has 0 fully saturated rings. The topological polar surface area (TPSA) is 4.93 Å². The van der Waals surface area contributed by atoms with Crippen LogP contribution in [0.2, 0.25) is 0 Å². The summed E-state index contributed by atoms with van der Waals surface area (Å²) in [7, 11) is 0. The van der Waals surface area contributed by atoms with Crippen LogP contribution in [-0.2, 0) is 13.0 Å². The largest absolute Gasteiger partial charge is 0.343 e. The van der Waals surface area contributed by atoms with Crippen LogP contribution in [-0.4, -0.2) is 4.57 Å². The van der Waals surface area contributed by atoms with E-state index in [0.717, 1.165) is 18.9 Å². The molecule has 2 heteroatoms. The van der Waals surface area contributed by atoms with Gasteiger partial charge in [-0.3, -0.25) is 0 Å². The third kappa shape index (κ3) is 3.54. The highest BCUT2D eigenvalue weighted by molar-refractivity contribution is 14.1. The first-order valence-electron chi connectivity index (χ1n) is 7.94. The van der Waals surface area contributed by atoms with Crippen molar-refractivity contribution in [2.45, 2.75) is 33.2 Å². The van der Waals surface area contributed by atoms with Crippen LogP contribution in [0.1, 0.15) is 31.4 Å². The lowest BCUT2D eigenvalue weighted by atomic mass is 10.0. The van der Waals surface area contributed by atoms with Crippen molar-refractivity contribution in [3.63, 3.8) is 0 Å². The minimum Gasteiger partial charge on any atom is -0.343 e. The Morgan fingerprint density at radius 3 is 2.55 bits per heavy atom. The van der Waals surface area contributed by atoms with Crippen LogP contribution < -0.4 is 0 Å². The number of aryl methyl sites for hydroxylation is 1. The first kappa shape index (κ1) is 15.6. The van der Waals surface area contributed by atoms with E-state index in [2.05, 4.69) is 95.7 Å². The monoisotopic (exact) mass is 403 g/mol. The summed E-state index contributed by atoms with van der Waals surface area (Å²) < 4.78 is 3.71. The zero-order valence-corrected chi connectivity index (χ0v) is 15.4. The van der Waals surface area contributed by atoms with Gasteiger partial charge in [-0.05, 0) is 70.7 Å². The van der Waals surface area contributed by atoms with Crippen LogP contribution in [0.5, 0.6) is 0 Å². The van der Waals surface area contributed by atoms with Crippen molar-refractivity contribution in [2.75, 3.05) is 0 Å². The second-order valence-electron chi connectivity index (χ2n) is 6.36. The summed E-state index contributed by atoms with van der Waals surface area (Å²) in [6.45, 7) is 5.54.